The standard InChI is InChI=1S/C25H20N2O6S/c1-16-3-9-19(10-4-16)27-24(29)22(23(28)26-25(27)30)15-18-7-11-20(12-8-18)33-34(31,32)21-13-5-17(2)6-14-21/h3-15H,1-2H3,(H,26,28,30)/b22-15+. The molecular formula is C25H20N2O6S. The Bertz CT molecular complexity index is 1410. The Hall–Kier alpha value is -4.24. The van der Waals surface area contributed by atoms with Crippen molar-refractivity contribution in [2.24, 2.45) is 0 Å². The van der Waals surface area contributed by atoms with Gasteiger partial charge < -0.3 is 4.18 Å². The van der Waals surface area contributed by atoms with Gasteiger partial charge in [0.2, 0.25) is 0 Å². The Morgan fingerprint density at radius 1 is 0.794 bits per heavy atom. The number of nitrogens with zero attached hydrogens (tertiary/aromatic N) is 1. The Morgan fingerprint density at radius 3 is 1.94 bits per heavy atom. The first-order valence-electron chi connectivity index (χ1n) is 10.2. The summed E-state index contributed by atoms with van der Waals surface area (Å²) in [5, 5.41) is 2.16. The van der Waals surface area contributed by atoms with Gasteiger partial charge in [-0.1, -0.05) is 47.5 Å². The van der Waals surface area contributed by atoms with Crippen LogP contribution in [0.3, 0.4) is 0 Å². The van der Waals surface area contributed by atoms with Crippen molar-refractivity contribution < 1.29 is 27.0 Å². The summed E-state index contributed by atoms with van der Waals surface area (Å²) in [7, 11) is -4.01. The van der Waals surface area contributed by atoms with Crippen LogP contribution in [-0.4, -0.2) is 26.3 Å². The van der Waals surface area contributed by atoms with E-state index in [1.165, 1.54) is 42.5 Å². The molecule has 0 unspecified atom stereocenters. The van der Waals surface area contributed by atoms with E-state index in [9.17, 15) is 22.8 Å². The summed E-state index contributed by atoms with van der Waals surface area (Å²) in [6.45, 7) is 3.72. The molecule has 34 heavy (non-hydrogen) atoms. The molecule has 1 aliphatic heterocycles. The molecule has 1 fully saturated rings. The molecule has 0 spiro atoms. The van der Waals surface area contributed by atoms with Crippen molar-refractivity contribution in [1.29, 1.82) is 0 Å². The molecule has 0 radical (unpaired) electrons. The molecule has 172 valence electrons. The minimum atomic E-state index is -4.01. The molecule has 1 saturated heterocycles. The van der Waals surface area contributed by atoms with Crippen molar-refractivity contribution >= 4 is 39.7 Å². The van der Waals surface area contributed by atoms with Crippen LogP contribution in [0, 0.1) is 13.8 Å². The van der Waals surface area contributed by atoms with Gasteiger partial charge in [-0.3, -0.25) is 14.9 Å². The van der Waals surface area contributed by atoms with Crippen LogP contribution in [-0.2, 0) is 19.7 Å². The molecule has 0 atom stereocenters. The van der Waals surface area contributed by atoms with Gasteiger partial charge in [0.25, 0.3) is 11.8 Å². The minimum absolute atomic E-state index is 0.0228. The van der Waals surface area contributed by atoms with Crippen LogP contribution >= 0.6 is 0 Å². The molecule has 3 aromatic rings. The number of hydrogen-bond acceptors (Lipinski definition) is 6. The van der Waals surface area contributed by atoms with Crippen LogP contribution in [0.4, 0.5) is 10.5 Å². The molecule has 0 saturated carbocycles. The number of nitrogens with one attached hydrogen (secondary N) is 1. The van der Waals surface area contributed by atoms with Crippen LogP contribution < -0.4 is 14.4 Å². The van der Waals surface area contributed by atoms with Crippen molar-refractivity contribution in [3.05, 3.63) is 95.1 Å². The zero-order chi connectivity index (χ0) is 24.5. The maximum absolute atomic E-state index is 12.9. The second kappa shape index (κ2) is 8.95. The number of benzene rings is 3. The van der Waals surface area contributed by atoms with Gasteiger partial charge in [-0.05, 0) is 61.9 Å². The summed E-state index contributed by atoms with van der Waals surface area (Å²) in [6, 6.07) is 18.0. The van der Waals surface area contributed by atoms with Crippen LogP contribution in [0.25, 0.3) is 6.08 Å². The van der Waals surface area contributed by atoms with Crippen LogP contribution in [0.5, 0.6) is 5.75 Å². The van der Waals surface area contributed by atoms with E-state index in [4.69, 9.17) is 4.18 Å². The molecule has 1 aliphatic rings. The number of barbiturate groups is 1. The SMILES string of the molecule is Cc1ccc(N2C(=O)NC(=O)/C(=C\c3ccc(OS(=O)(=O)c4ccc(C)cc4)cc3)C2=O)cc1. The van der Waals surface area contributed by atoms with Crippen LogP contribution in [0.15, 0.2) is 83.3 Å². The highest BCUT2D eigenvalue weighted by Gasteiger charge is 2.36. The number of carbonyl (C=O) groups excluding carboxylic acids is 3. The third-order valence-corrected chi connectivity index (χ3v) is 6.36. The molecule has 0 aliphatic carbocycles. The largest absolute Gasteiger partial charge is 0.379 e. The highest BCUT2D eigenvalue weighted by atomic mass is 32.2. The first kappa shape index (κ1) is 22.9. The molecule has 1 N–H and O–H groups in total. The molecule has 9 heteroatoms. The lowest BCUT2D eigenvalue weighted by Gasteiger charge is -2.26. The molecule has 4 amide bonds. The first-order chi connectivity index (χ1) is 16.1. The second-order valence-corrected chi connectivity index (χ2v) is 9.26. The highest BCUT2D eigenvalue weighted by Crippen LogP contribution is 2.24. The van der Waals surface area contributed by atoms with Gasteiger partial charge in [0.05, 0.1) is 5.69 Å². The van der Waals surface area contributed by atoms with Gasteiger partial charge >= 0.3 is 16.1 Å². The number of anilines is 1. The zero-order valence-corrected chi connectivity index (χ0v) is 19.1. The van der Waals surface area contributed by atoms with Crippen molar-refractivity contribution in [3.8, 4) is 5.75 Å². The average molecular weight is 477 g/mol. The van der Waals surface area contributed by atoms with Crippen molar-refractivity contribution in [1.82, 2.24) is 5.32 Å². The molecule has 8 nitrogen and oxygen atoms in total. The van der Waals surface area contributed by atoms with Crippen LogP contribution in [0.1, 0.15) is 16.7 Å². The van der Waals surface area contributed by atoms with Crippen molar-refractivity contribution in [2.75, 3.05) is 4.90 Å². The average Bonchev–Trinajstić information content (AvgIpc) is 2.79. The second-order valence-electron chi connectivity index (χ2n) is 7.71. The molecule has 1 heterocycles. The fourth-order valence-electron chi connectivity index (χ4n) is 3.25. The highest BCUT2D eigenvalue weighted by molar-refractivity contribution is 7.87. The van der Waals surface area contributed by atoms with E-state index in [0.29, 0.717) is 11.3 Å². The fraction of sp³-hybridized carbons (Fsp3) is 0.0800. The monoisotopic (exact) mass is 476 g/mol. The predicted molar refractivity (Wildman–Crippen MR) is 126 cm³/mol. The quantitative estimate of drug-likeness (QED) is 0.341. The van der Waals surface area contributed by atoms with E-state index >= 15 is 0 Å². The third kappa shape index (κ3) is 4.74. The lowest BCUT2D eigenvalue weighted by atomic mass is 10.1. The predicted octanol–water partition coefficient (Wildman–Crippen LogP) is 3.74. The molecule has 4 rings (SSSR count). The van der Waals surface area contributed by atoms with E-state index in [1.807, 2.05) is 13.8 Å². The maximum atomic E-state index is 12.9. The number of aryl methyl sites for hydroxylation is 2. The summed E-state index contributed by atoms with van der Waals surface area (Å²) in [5.74, 6) is -1.51. The van der Waals surface area contributed by atoms with E-state index in [1.54, 1.807) is 36.4 Å². The zero-order valence-electron chi connectivity index (χ0n) is 18.3. The first-order valence-corrected chi connectivity index (χ1v) is 11.6. The topological polar surface area (TPSA) is 110 Å². The summed E-state index contributed by atoms with van der Waals surface area (Å²) in [6.07, 6.45) is 1.32. The Morgan fingerprint density at radius 2 is 1.35 bits per heavy atom. The van der Waals surface area contributed by atoms with E-state index in [2.05, 4.69) is 5.32 Å². The van der Waals surface area contributed by atoms with Crippen LogP contribution in [0.2, 0.25) is 0 Å². The lowest BCUT2D eigenvalue weighted by Crippen LogP contribution is -2.54. The summed E-state index contributed by atoms with van der Waals surface area (Å²) in [4.78, 5) is 38.5. The number of imide groups is 2. The summed E-state index contributed by atoms with van der Waals surface area (Å²) < 4.78 is 30.1. The van der Waals surface area contributed by atoms with Gasteiger partial charge in [-0.2, -0.15) is 8.42 Å². The molecule has 0 bridgehead atoms. The molecule has 3 aromatic carbocycles. The fourth-order valence-corrected chi connectivity index (χ4v) is 4.18. The van der Waals surface area contributed by atoms with E-state index < -0.39 is 28.0 Å². The van der Waals surface area contributed by atoms with E-state index in [0.717, 1.165) is 16.0 Å². The number of hydrogen-bond donors (Lipinski definition) is 1. The maximum Gasteiger partial charge on any atom is 0.339 e. The smallest absolute Gasteiger partial charge is 0.339 e. The van der Waals surface area contributed by atoms with E-state index in [-0.39, 0.29) is 16.2 Å². The van der Waals surface area contributed by atoms with Gasteiger partial charge in [-0.25, -0.2) is 9.69 Å². The number of urea groups is 1. The summed E-state index contributed by atoms with van der Waals surface area (Å²) >= 11 is 0. The van der Waals surface area contributed by atoms with Gasteiger partial charge in [-0.15, -0.1) is 0 Å². The number of amides is 4. The molecular weight excluding hydrogens is 456 g/mol. The lowest BCUT2D eigenvalue weighted by molar-refractivity contribution is -0.122. The minimum Gasteiger partial charge on any atom is -0.379 e. The molecule has 0 aromatic heterocycles. The van der Waals surface area contributed by atoms with Gasteiger partial charge in [0.15, 0.2) is 0 Å². The number of carbonyl (C=O) groups is 3. The van der Waals surface area contributed by atoms with Gasteiger partial charge in [0.1, 0.15) is 16.2 Å². The Kier molecular flexibility index (Phi) is 6.04. The normalized spacial score (nSPS) is 15.4. The summed E-state index contributed by atoms with van der Waals surface area (Å²) in [5.41, 5.74) is 2.40. The van der Waals surface area contributed by atoms with Gasteiger partial charge in [0, 0.05) is 0 Å². The van der Waals surface area contributed by atoms with Crippen molar-refractivity contribution in [3.63, 3.8) is 0 Å². The Labute approximate surface area is 196 Å². The number of rotatable bonds is 5. The Balaban J connectivity index is 1.56. The third-order valence-electron chi connectivity index (χ3n) is 5.10. The van der Waals surface area contributed by atoms with Crippen molar-refractivity contribution in [2.45, 2.75) is 18.7 Å².